The second kappa shape index (κ2) is 6.39. The molecule has 0 spiro atoms. The molecule has 0 radical (unpaired) electrons. The number of carbonyl (C=O) groups excluding carboxylic acids is 1. The lowest BCUT2D eigenvalue weighted by Gasteiger charge is -2.13. The number of benzene rings is 1. The summed E-state index contributed by atoms with van der Waals surface area (Å²) in [4.78, 5) is 16.4. The molecule has 2 N–H and O–H groups in total. The lowest BCUT2D eigenvalue weighted by atomic mass is 10.2. The minimum absolute atomic E-state index is 0.135. The van der Waals surface area contributed by atoms with Crippen LogP contribution in [0.5, 0.6) is 0 Å². The summed E-state index contributed by atoms with van der Waals surface area (Å²) in [5.74, 6) is -0.135. The SMILES string of the molecule is O=C(Nc1ccccc1)c1cncc(NC2CCCC2)c1. The van der Waals surface area contributed by atoms with Crippen molar-refractivity contribution < 1.29 is 4.79 Å². The van der Waals surface area contributed by atoms with Crippen molar-refractivity contribution in [3.63, 3.8) is 0 Å². The van der Waals surface area contributed by atoms with Crippen LogP contribution in [0.3, 0.4) is 0 Å². The number of aromatic nitrogens is 1. The smallest absolute Gasteiger partial charge is 0.257 e. The number of hydrogen-bond acceptors (Lipinski definition) is 3. The summed E-state index contributed by atoms with van der Waals surface area (Å²) in [5, 5.41) is 6.33. The van der Waals surface area contributed by atoms with Gasteiger partial charge >= 0.3 is 0 Å². The highest BCUT2D eigenvalue weighted by atomic mass is 16.1. The number of amides is 1. The maximum absolute atomic E-state index is 12.2. The highest BCUT2D eigenvalue weighted by molar-refractivity contribution is 6.04. The van der Waals surface area contributed by atoms with E-state index in [1.54, 1.807) is 12.4 Å². The van der Waals surface area contributed by atoms with Crippen molar-refractivity contribution in [1.29, 1.82) is 0 Å². The summed E-state index contributed by atoms with van der Waals surface area (Å²) in [6.45, 7) is 0. The Morgan fingerprint density at radius 1 is 1.05 bits per heavy atom. The van der Waals surface area contributed by atoms with Crippen LogP contribution in [0.4, 0.5) is 11.4 Å². The number of hydrogen-bond donors (Lipinski definition) is 2. The third-order valence-corrected chi connectivity index (χ3v) is 3.76. The molecule has 0 saturated heterocycles. The lowest BCUT2D eigenvalue weighted by molar-refractivity contribution is 0.102. The van der Waals surface area contributed by atoms with Gasteiger partial charge in [0.2, 0.25) is 0 Å². The summed E-state index contributed by atoms with van der Waals surface area (Å²) >= 11 is 0. The normalized spacial score (nSPS) is 14.9. The fraction of sp³-hybridized carbons (Fsp3) is 0.294. The molecule has 0 atom stereocenters. The Balaban J connectivity index is 1.68. The molecule has 0 unspecified atom stereocenters. The largest absolute Gasteiger partial charge is 0.381 e. The van der Waals surface area contributed by atoms with E-state index >= 15 is 0 Å². The molecule has 2 aromatic rings. The van der Waals surface area contributed by atoms with Gasteiger partial charge in [0.1, 0.15) is 0 Å². The first-order valence-corrected chi connectivity index (χ1v) is 7.39. The third-order valence-electron chi connectivity index (χ3n) is 3.76. The highest BCUT2D eigenvalue weighted by Crippen LogP contribution is 2.22. The predicted molar refractivity (Wildman–Crippen MR) is 84.5 cm³/mol. The average molecular weight is 281 g/mol. The fourth-order valence-corrected chi connectivity index (χ4v) is 2.67. The second-order valence-corrected chi connectivity index (χ2v) is 5.41. The van der Waals surface area contributed by atoms with Gasteiger partial charge in [0.05, 0.1) is 11.3 Å². The van der Waals surface area contributed by atoms with Gasteiger partial charge in [0.25, 0.3) is 5.91 Å². The van der Waals surface area contributed by atoms with Crippen molar-refractivity contribution in [2.45, 2.75) is 31.7 Å². The van der Waals surface area contributed by atoms with Gasteiger partial charge in [-0.05, 0) is 31.0 Å². The Morgan fingerprint density at radius 2 is 1.81 bits per heavy atom. The van der Waals surface area contributed by atoms with E-state index in [1.165, 1.54) is 25.7 Å². The molecule has 1 fully saturated rings. The Hall–Kier alpha value is -2.36. The van der Waals surface area contributed by atoms with Gasteiger partial charge in [-0.2, -0.15) is 0 Å². The van der Waals surface area contributed by atoms with E-state index in [0.29, 0.717) is 11.6 Å². The topological polar surface area (TPSA) is 54.0 Å². The van der Waals surface area contributed by atoms with Gasteiger partial charge in [-0.15, -0.1) is 0 Å². The fourth-order valence-electron chi connectivity index (χ4n) is 2.67. The van der Waals surface area contributed by atoms with Crippen LogP contribution in [0.15, 0.2) is 48.8 Å². The maximum atomic E-state index is 12.2. The van der Waals surface area contributed by atoms with Crippen molar-refractivity contribution >= 4 is 17.3 Å². The molecule has 1 aromatic carbocycles. The number of rotatable bonds is 4. The number of pyridine rings is 1. The molecule has 4 nitrogen and oxygen atoms in total. The van der Waals surface area contributed by atoms with Crippen LogP contribution >= 0.6 is 0 Å². The van der Waals surface area contributed by atoms with E-state index in [4.69, 9.17) is 0 Å². The van der Waals surface area contributed by atoms with Gasteiger partial charge in [-0.25, -0.2) is 0 Å². The van der Waals surface area contributed by atoms with Crippen molar-refractivity contribution in [3.05, 3.63) is 54.4 Å². The van der Waals surface area contributed by atoms with E-state index in [9.17, 15) is 4.79 Å². The monoisotopic (exact) mass is 281 g/mol. The minimum atomic E-state index is -0.135. The Kier molecular flexibility index (Phi) is 4.15. The van der Waals surface area contributed by atoms with E-state index in [-0.39, 0.29) is 5.91 Å². The Morgan fingerprint density at radius 3 is 2.57 bits per heavy atom. The van der Waals surface area contributed by atoms with Crippen LogP contribution in [0.2, 0.25) is 0 Å². The zero-order valence-electron chi connectivity index (χ0n) is 11.9. The second-order valence-electron chi connectivity index (χ2n) is 5.41. The minimum Gasteiger partial charge on any atom is -0.381 e. The molecular formula is C17H19N3O. The Labute approximate surface area is 124 Å². The summed E-state index contributed by atoms with van der Waals surface area (Å²) in [6.07, 6.45) is 8.31. The summed E-state index contributed by atoms with van der Waals surface area (Å²) in [5.41, 5.74) is 2.28. The number of carbonyl (C=O) groups is 1. The summed E-state index contributed by atoms with van der Waals surface area (Å²) in [7, 11) is 0. The van der Waals surface area contributed by atoms with Crippen molar-refractivity contribution in [2.24, 2.45) is 0 Å². The van der Waals surface area contributed by atoms with E-state index in [2.05, 4.69) is 15.6 Å². The van der Waals surface area contributed by atoms with Gasteiger partial charge in [-0.3, -0.25) is 9.78 Å². The zero-order valence-corrected chi connectivity index (χ0v) is 11.9. The molecular weight excluding hydrogens is 262 g/mol. The van der Waals surface area contributed by atoms with Gasteiger partial charge in [0, 0.05) is 24.1 Å². The van der Waals surface area contributed by atoms with Crippen LogP contribution in [0.25, 0.3) is 0 Å². The summed E-state index contributed by atoms with van der Waals surface area (Å²) < 4.78 is 0. The molecule has 1 aliphatic carbocycles. The highest BCUT2D eigenvalue weighted by Gasteiger charge is 2.15. The van der Waals surface area contributed by atoms with Crippen LogP contribution in [-0.4, -0.2) is 16.9 Å². The van der Waals surface area contributed by atoms with E-state index in [0.717, 1.165) is 11.4 Å². The molecule has 0 aliphatic heterocycles. The van der Waals surface area contributed by atoms with Crippen molar-refractivity contribution in [1.82, 2.24) is 4.98 Å². The summed E-state index contributed by atoms with van der Waals surface area (Å²) in [6, 6.07) is 11.8. The van der Waals surface area contributed by atoms with Crippen LogP contribution in [0.1, 0.15) is 36.0 Å². The molecule has 4 heteroatoms. The lowest BCUT2D eigenvalue weighted by Crippen LogP contribution is -2.16. The first-order valence-electron chi connectivity index (χ1n) is 7.39. The van der Waals surface area contributed by atoms with Crippen molar-refractivity contribution in [3.8, 4) is 0 Å². The zero-order chi connectivity index (χ0) is 14.5. The number of nitrogens with one attached hydrogen (secondary N) is 2. The van der Waals surface area contributed by atoms with Gasteiger partial charge in [0.15, 0.2) is 0 Å². The molecule has 1 aliphatic rings. The van der Waals surface area contributed by atoms with Crippen molar-refractivity contribution in [2.75, 3.05) is 10.6 Å². The molecule has 1 saturated carbocycles. The molecule has 1 amide bonds. The molecule has 108 valence electrons. The number of para-hydroxylation sites is 1. The van der Waals surface area contributed by atoms with Crippen LogP contribution < -0.4 is 10.6 Å². The molecule has 1 heterocycles. The molecule has 1 aromatic heterocycles. The predicted octanol–water partition coefficient (Wildman–Crippen LogP) is 3.69. The third kappa shape index (κ3) is 3.60. The molecule has 21 heavy (non-hydrogen) atoms. The van der Waals surface area contributed by atoms with E-state index < -0.39 is 0 Å². The average Bonchev–Trinajstić information content (AvgIpc) is 3.01. The van der Waals surface area contributed by atoms with Crippen LogP contribution in [0, 0.1) is 0 Å². The van der Waals surface area contributed by atoms with Crippen LogP contribution in [-0.2, 0) is 0 Å². The molecule has 3 rings (SSSR count). The first kappa shape index (κ1) is 13.6. The standard InChI is InChI=1S/C17H19N3O/c21-17(20-15-6-2-1-3-7-15)13-10-16(12-18-11-13)19-14-8-4-5-9-14/h1-3,6-7,10-12,14,19H,4-5,8-9H2,(H,20,21). The quantitative estimate of drug-likeness (QED) is 0.898. The maximum Gasteiger partial charge on any atom is 0.257 e. The Bertz CT molecular complexity index is 606. The van der Waals surface area contributed by atoms with E-state index in [1.807, 2.05) is 36.4 Å². The number of anilines is 2. The first-order chi connectivity index (χ1) is 10.3. The molecule has 0 bridgehead atoms. The number of nitrogens with zero attached hydrogens (tertiary/aromatic N) is 1. The van der Waals surface area contributed by atoms with Gasteiger partial charge < -0.3 is 10.6 Å². The van der Waals surface area contributed by atoms with Gasteiger partial charge in [-0.1, -0.05) is 31.0 Å².